The van der Waals surface area contributed by atoms with Crippen molar-refractivity contribution in [3.63, 3.8) is 0 Å². The summed E-state index contributed by atoms with van der Waals surface area (Å²) in [6.07, 6.45) is -1.54. The summed E-state index contributed by atoms with van der Waals surface area (Å²) in [5, 5.41) is 0.254. The SMILES string of the molecule is COC(=O)Cc1ncc(Br)c(CBr)c1C(F)F. The fourth-order valence-electron chi connectivity index (χ4n) is 1.33. The standard InChI is InChI=1S/C10H9Br2F2NO2/c1-17-8(16)2-7-9(10(13)14)5(3-11)6(12)4-15-7/h4,10H,2-3H2,1H3. The first-order valence-electron chi connectivity index (χ1n) is 4.58. The van der Waals surface area contributed by atoms with Crippen LogP contribution in [0.2, 0.25) is 0 Å². The first kappa shape index (κ1) is 14.5. The Morgan fingerprint density at radius 3 is 2.71 bits per heavy atom. The number of carbonyl (C=O) groups excluding carboxylic acids is 1. The maximum absolute atomic E-state index is 13.0. The quantitative estimate of drug-likeness (QED) is 0.600. The number of ether oxygens (including phenoxy) is 1. The van der Waals surface area contributed by atoms with Gasteiger partial charge in [-0.15, -0.1) is 0 Å². The van der Waals surface area contributed by atoms with Gasteiger partial charge in [0.1, 0.15) is 0 Å². The van der Waals surface area contributed by atoms with E-state index in [2.05, 4.69) is 41.6 Å². The highest BCUT2D eigenvalue weighted by atomic mass is 79.9. The molecule has 0 unspecified atom stereocenters. The van der Waals surface area contributed by atoms with Crippen LogP contribution in [0.4, 0.5) is 8.78 Å². The van der Waals surface area contributed by atoms with Crippen molar-refractivity contribution in [2.24, 2.45) is 0 Å². The fourth-order valence-corrected chi connectivity index (χ4v) is 2.76. The smallest absolute Gasteiger partial charge is 0.311 e. The molecule has 0 saturated carbocycles. The van der Waals surface area contributed by atoms with E-state index in [0.29, 0.717) is 10.0 Å². The van der Waals surface area contributed by atoms with E-state index in [1.165, 1.54) is 13.3 Å². The summed E-state index contributed by atoms with van der Waals surface area (Å²) >= 11 is 6.29. The Hall–Kier alpha value is -0.560. The number of halogens is 4. The third-order valence-electron chi connectivity index (χ3n) is 2.15. The molecule has 0 atom stereocenters. The van der Waals surface area contributed by atoms with Crippen molar-refractivity contribution in [3.05, 3.63) is 27.5 Å². The van der Waals surface area contributed by atoms with Crippen LogP contribution in [0.5, 0.6) is 0 Å². The molecule has 0 amide bonds. The van der Waals surface area contributed by atoms with E-state index in [0.717, 1.165) is 0 Å². The molecule has 0 aromatic carbocycles. The number of alkyl halides is 3. The first-order chi connectivity index (χ1) is 8.01. The summed E-state index contributed by atoms with van der Waals surface area (Å²) in [5.74, 6) is -0.595. The third kappa shape index (κ3) is 3.45. The van der Waals surface area contributed by atoms with Gasteiger partial charge in [-0.2, -0.15) is 0 Å². The van der Waals surface area contributed by atoms with Crippen LogP contribution in [0, 0.1) is 0 Å². The molecule has 0 radical (unpaired) electrons. The zero-order valence-electron chi connectivity index (χ0n) is 8.84. The van der Waals surface area contributed by atoms with Gasteiger partial charge in [-0.05, 0) is 21.5 Å². The van der Waals surface area contributed by atoms with Crippen LogP contribution in [-0.2, 0) is 21.3 Å². The number of esters is 1. The molecule has 0 aliphatic rings. The average Bonchev–Trinajstić information content (AvgIpc) is 2.30. The van der Waals surface area contributed by atoms with Crippen LogP contribution >= 0.6 is 31.9 Å². The molecular weight excluding hydrogens is 364 g/mol. The third-order valence-corrected chi connectivity index (χ3v) is 3.39. The van der Waals surface area contributed by atoms with Crippen molar-refractivity contribution in [1.29, 1.82) is 0 Å². The summed E-state index contributed by atoms with van der Waals surface area (Å²) in [6, 6.07) is 0. The van der Waals surface area contributed by atoms with Gasteiger partial charge in [-0.1, -0.05) is 15.9 Å². The van der Waals surface area contributed by atoms with Gasteiger partial charge < -0.3 is 4.74 Å². The highest BCUT2D eigenvalue weighted by Gasteiger charge is 2.22. The van der Waals surface area contributed by atoms with E-state index in [1.54, 1.807) is 0 Å². The molecule has 0 aliphatic carbocycles. The lowest BCUT2D eigenvalue weighted by Crippen LogP contribution is -2.11. The van der Waals surface area contributed by atoms with Gasteiger partial charge in [0.05, 0.1) is 19.2 Å². The van der Waals surface area contributed by atoms with Crippen molar-refractivity contribution in [1.82, 2.24) is 4.98 Å². The molecule has 17 heavy (non-hydrogen) atoms. The summed E-state index contributed by atoms with van der Waals surface area (Å²) in [5.41, 5.74) is 0.222. The van der Waals surface area contributed by atoms with Crippen LogP contribution in [0.3, 0.4) is 0 Å². The van der Waals surface area contributed by atoms with Crippen molar-refractivity contribution in [2.45, 2.75) is 18.2 Å². The summed E-state index contributed by atoms with van der Waals surface area (Å²) in [7, 11) is 1.20. The zero-order chi connectivity index (χ0) is 13.0. The number of pyridine rings is 1. The maximum Gasteiger partial charge on any atom is 0.311 e. The highest BCUT2D eigenvalue weighted by molar-refractivity contribution is 9.10. The number of methoxy groups -OCH3 is 1. The molecule has 1 aromatic heterocycles. The summed E-state index contributed by atoms with van der Waals surface area (Å²) in [4.78, 5) is 15.0. The second-order valence-electron chi connectivity index (χ2n) is 3.13. The molecule has 1 aromatic rings. The Labute approximate surface area is 114 Å². The zero-order valence-corrected chi connectivity index (χ0v) is 12.0. The monoisotopic (exact) mass is 371 g/mol. The van der Waals surface area contributed by atoms with Gasteiger partial charge in [0.15, 0.2) is 0 Å². The topological polar surface area (TPSA) is 39.2 Å². The second-order valence-corrected chi connectivity index (χ2v) is 4.55. The molecule has 7 heteroatoms. The van der Waals surface area contributed by atoms with E-state index in [9.17, 15) is 13.6 Å². The van der Waals surface area contributed by atoms with Gasteiger partial charge in [-0.25, -0.2) is 8.78 Å². The van der Waals surface area contributed by atoms with Gasteiger partial charge in [0.25, 0.3) is 6.43 Å². The molecule has 1 heterocycles. The predicted octanol–water partition coefficient (Wildman–Crippen LogP) is 3.39. The number of hydrogen-bond donors (Lipinski definition) is 0. The largest absolute Gasteiger partial charge is 0.469 e. The molecular formula is C10H9Br2F2NO2. The lowest BCUT2D eigenvalue weighted by molar-refractivity contribution is -0.139. The molecule has 0 N–H and O–H groups in total. The van der Waals surface area contributed by atoms with E-state index >= 15 is 0 Å². The Morgan fingerprint density at radius 2 is 2.24 bits per heavy atom. The molecule has 94 valence electrons. The van der Waals surface area contributed by atoms with Crippen LogP contribution in [0.25, 0.3) is 0 Å². The van der Waals surface area contributed by atoms with Crippen LogP contribution in [0.15, 0.2) is 10.7 Å². The molecule has 0 saturated heterocycles. The number of nitrogens with zero attached hydrogens (tertiary/aromatic N) is 1. The van der Waals surface area contributed by atoms with E-state index in [-0.39, 0.29) is 23.0 Å². The molecule has 0 fully saturated rings. The molecule has 0 bridgehead atoms. The maximum atomic E-state index is 13.0. The summed E-state index contributed by atoms with van der Waals surface area (Å²) < 4.78 is 30.9. The van der Waals surface area contributed by atoms with E-state index in [4.69, 9.17) is 0 Å². The minimum Gasteiger partial charge on any atom is -0.469 e. The number of hydrogen-bond acceptors (Lipinski definition) is 3. The first-order valence-corrected chi connectivity index (χ1v) is 6.49. The fraction of sp³-hybridized carbons (Fsp3) is 0.400. The van der Waals surface area contributed by atoms with Gasteiger partial charge in [-0.3, -0.25) is 9.78 Å². The lowest BCUT2D eigenvalue weighted by atomic mass is 10.1. The normalized spacial score (nSPS) is 10.7. The Bertz CT molecular complexity index is 427. The lowest BCUT2D eigenvalue weighted by Gasteiger charge is -2.12. The number of aromatic nitrogens is 1. The molecule has 1 rings (SSSR count). The second kappa shape index (κ2) is 6.39. The van der Waals surface area contributed by atoms with Crippen molar-refractivity contribution >= 4 is 37.8 Å². The number of carbonyl (C=O) groups is 1. The van der Waals surface area contributed by atoms with E-state index < -0.39 is 12.4 Å². The predicted molar refractivity (Wildman–Crippen MR) is 65.2 cm³/mol. The van der Waals surface area contributed by atoms with Crippen molar-refractivity contribution in [3.8, 4) is 0 Å². The van der Waals surface area contributed by atoms with Crippen molar-refractivity contribution in [2.75, 3.05) is 7.11 Å². The Kier molecular flexibility index (Phi) is 5.45. The van der Waals surface area contributed by atoms with E-state index in [1.807, 2.05) is 0 Å². The van der Waals surface area contributed by atoms with Crippen LogP contribution in [0.1, 0.15) is 23.2 Å². The minimum absolute atomic E-state index is 0.0458. The Balaban J connectivity index is 3.25. The van der Waals surface area contributed by atoms with Crippen molar-refractivity contribution < 1.29 is 18.3 Å². The average molecular weight is 373 g/mol. The number of rotatable bonds is 4. The molecule has 0 aliphatic heterocycles. The minimum atomic E-state index is -2.69. The molecule has 3 nitrogen and oxygen atoms in total. The van der Waals surface area contributed by atoms with Crippen LogP contribution < -0.4 is 0 Å². The Morgan fingerprint density at radius 1 is 1.59 bits per heavy atom. The van der Waals surface area contributed by atoms with Gasteiger partial charge in [0.2, 0.25) is 0 Å². The van der Waals surface area contributed by atoms with Crippen LogP contribution in [-0.4, -0.2) is 18.1 Å². The van der Waals surface area contributed by atoms with Gasteiger partial charge in [0, 0.05) is 21.6 Å². The van der Waals surface area contributed by atoms with Gasteiger partial charge >= 0.3 is 5.97 Å². The molecule has 0 spiro atoms. The highest BCUT2D eigenvalue weighted by Crippen LogP contribution is 2.32. The summed E-state index contributed by atoms with van der Waals surface area (Å²) in [6.45, 7) is 0.